The van der Waals surface area contributed by atoms with Crippen LogP contribution in [0.5, 0.6) is 0 Å². The Morgan fingerprint density at radius 3 is 2.45 bits per heavy atom. The molecule has 164 valence electrons. The summed E-state index contributed by atoms with van der Waals surface area (Å²) in [4.78, 5) is 36.3. The van der Waals surface area contributed by atoms with E-state index in [2.05, 4.69) is 16.7 Å². The molecule has 2 N–H and O–H groups in total. The summed E-state index contributed by atoms with van der Waals surface area (Å²) in [5.41, 5.74) is 2.54. The number of anilines is 1. The van der Waals surface area contributed by atoms with Crippen LogP contribution >= 0.6 is 0 Å². The number of carbonyl (C=O) groups is 3. The van der Waals surface area contributed by atoms with Crippen LogP contribution in [0, 0.1) is 0 Å². The molecule has 0 saturated carbocycles. The number of nitrogens with one attached hydrogen (secondary N) is 2. The number of rotatable bonds is 5. The van der Waals surface area contributed by atoms with Crippen LogP contribution in [0.1, 0.15) is 61.1 Å². The zero-order valence-electron chi connectivity index (χ0n) is 18.1. The first-order chi connectivity index (χ1) is 14.7. The van der Waals surface area contributed by atoms with Crippen molar-refractivity contribution >= 4 is 23.7 Å². The van der Waals surface area contributed by atoms with Crippen molar-refractivity contribution in [1.29, 1.82) is 0 Å². The van der Waals surface area contributed by atoms with Gasteiger partial charge in [-0.1, -0.05) is 24.3 Å². The first-order valence-corrected chi connectivity index (χ1v) is 10.4. The largest absolute Gasteiger partial charge is 0.452 e. The number of hydrogen-bond acceptors (Lipinski definition) is 5. The molecule has 0 heterocycles. The van der Waals surface area contributed by atoms with Crippen LogP contribution in [0.3, 0.4) is 0 Å². The monoisotopic (exact) mass is 424 g/mol. The van der Waals surface area contributed by atoms with E-state index in [0.29, 0.717) is 5.69 Å². The Bertz CT molecular complexity index is 947. The van der Waals surface area contributed by atoms with Gasteiger partial charge >= 0.3 is 12.1 Å². The standard InChI is InChI=1S/C24H28N2O5/c1-24(2,3)31-23(29)25-18-13-11-17(12-14-18)22(28)30-15-21(27)26-20-10-6-8-16-7-4-5-9-19(16)20/h4-5,7,9,11-14,20H,6,8,10,15H2,1-3H3,(H,25,29)(H,26,27)/t20-/m1/s1. The lowest BCUT2D eigenvalue weighted by molar-refractivity contribution is -0.125. The molecule has 3 rings (SSSR count). The van der Waals surface area contributed by atoms with E-state index < -0.39 is 17.7 Å². The third kappa shape index (κ3) is 6.57. The summed E-state index contributed by atoms with van der Waals surface area (Å²) < 4.78 is 10.3. The molecule has 1 atom stereocenters. The molecule has 0 bridgehead atoms. The molecule has 1 aliphatic rings. The predicted molar refractivity (Wildman–Crippen MR) is 117 cm³/mol. The van der Waals surface area contributed by atoms with Crippen LogP contribution in [-0.4, -0.2) is 30.2 Å². The van der Waals surface area contributed by atoms with E-state index >= 15 is 0 Å². The molecule has 7 nitrogen and oxygen atoms in total. The van der Waals surface area contributed by atoms with Gasteiger partial charge < -0.3 is 14.8 Å². The highest BCUT2D eigenvalue weighted by atomic mass is 16.6. The van der Waals surface area contributed by atoms with Gasteiger partial charge in [0.15, 0.2) is 6.61 Å². The summed E-state index contributed by atoms with van der Waals surface area (Å²) >= 11 is 0. The fraction of sp³-hybridized carbons (Fsp3) is 0.375. The molecule has 1 aliphatic carbocycles. The van der Waals surface area contributed by atoms with Crippen molar-refractivity contribution in [2.45, 2.75) is 51.7 Å². The maximum atomic E-state index is 12.3. The van der Waals surface area contributed by atoms with Gasteiger partial charge in [0.1, 0.15) is 5.60 Å². The van der Waals surface area contributed by atoms with Gasteiger partial charge in [-0.15, -0.1) is 0 Å². The van der Waals surface area contributed by atoms with Gasteiger partial charge in [0.25, 0.3) is 5.91 Å². The Kier molecular flexibility index (Phi) is 6.95. The Morgan fingerprint density at radius 2 is 1.74 bits per heavy atom. The number of hydrogen-bond donors (Lipinski definition) is 2. The molecule has 0 aromatic heterocycles. The lowest BCUT2D eigenvalue weighted by Gasteiger charge is -2.26. The van der Waals surface area contributed by atoms with Crippen molar-refractivity contribution in [1.82, 2.24) is 5.32 Å². The summed E-state index contributed by atoms with van der Waals surface area (Å²) in [7, 11) is 0. The summed E-state index contributed by atoms with van der Waals surface area (Å²) in [6.45, 7) is 4.97. The molecule has 2 amide bonds. The highest BCUT2D eigenvalue weighted by Gasteiger charge is 2.22. The van der Waals surface area contributed by atoms with Crippen LogP contribution in [0.15, 0.2) is 48.5 Å². The van der Waals surface area contributed by atoms with E-state index in [1.165, 1.54) is 17.7 Å². The summed E-state index contributed by atoms with van der Waals surface area (Å²) in [5, 5.41) is 5.54. The van der Waals surface area contributed by atoms with Gasteiger partial charge in [0.2, 0.25) is 0 Å². The third-order valence-electron chi connectivity index (χ3n) is 4.80. The molecule has 0 spiro atoms. The Labute approximate surface area is 182 Å². The molecule has 7 heteroatoms. The van der Waals surface area contributed by atoms with Crippen LogP contribution in [0.25, 0.3) is 0 Å². The fourth-order valence-electron chi connectivity index (χ4n) is 3.47. The van der Waals surface area contributed by atoms with Gasteiger partial charge in [0.05, 0.1) is 11.6 Å². The van der Waals surface area contributed by atoms with E-state index in [0.717, 1.165) is 24.8 Å². The van der Waals surface area contributed by atoms with Crippen molar-refractivity contribution < 1.29 is 23.9 Å². The van der Waals surface area contributed by atoms with E-state index in [1.807, 2.05) is 18.2 Å². The fourth-order valence-corrected chi connectivity index (χ4v) is 3.47. The average molecular weight is 424 g/mol. The zero-order valence-corrected chi connectivity index (χ0v) is 18.1. The van der Waals surface area contributed by atoms with Gasteiger partial charge in [-0.2, -0.15) is 0 Å². The van der Waals surface area contributed by atoms with Gasteiger partial charge in [-0.3, -0.25) is 10.1 Å². The van der Waals surface area contributed by atoms with Crippen molar-refractivity contribution in [2.24, 2.45) is 0 Å². The minimum Gasteiger partial charge on any atom is -0.452 e. The minimum atomic E-state index is -0.608. The first kappa shape index (κ1) is 22.3. The maximum Gasteiger partial charge on any atom is 0.412 e. The van der Waals surface area contributed by atoms with E-state index in [9.17, 15) is 14.4 Å². The quantitative estimate of drug-likeness (QED) is 0.695. The van der Waals surface area contributed by atoms with E-state index in [4.69, 9.17) is 9.47 Å². The van der Waals surface area contributed by atoms with Crippen molar-refractivity contribution in [3.8, 4) is 0 Å². The van der Waals surface area contributed by atoms with Gasteiger partial charge in [-0.25, -0.2) is 9.59 Å². The second kappa shape index (κ2) is 9.64. The van der Waals surface area contributed by atoms with Crippen LogP contribution in [0.4, 0.5) is 10.5 Å². The second-order valence-corrected chi connectivity index (χ2v) is 8.49. The topological polar surface area (TPSA) is 93.7 Å². The molecule has 0 saturated heterocycles. The molecular formula is C24H28N2O5. The highest BCUT2D eigenvalue weighted by Crippen LogP contribution is 2.29. The van der Waals surface area contributed by atoms with Crippen LogP contribution < -0.4 is 10.6 Å². The molecule has 0 radical (unpaired) electrons. The molecule has 0 aliphatic heterocycles. The molecule has 2 aromatic carbocycles. The summed E-state index contributed by atoms with van der Waals surface area (Å²) in [5.74, 6) is -0.943. The molecule has 31 heavy (non-hydrogen) atoms. The molecule has 2 aromatic rings. The van der Waals surface area contributed by atoms with Crippen molar-refractivity contribution in [3.05, 3.63) is 65.2 Å². The smallest absolute Gasteiger partial charge is 0.412 e. The number of aryl methyl sites for hydroxylation is 1. The number of ether oxygens (including phenoxy) is 2. The lowest BCUT2D eigenvalue weighted by Crippen LogP contribution is -2.34. The highest BCUT2D eigenvalue weighted by molar-refractivity contribution is 5.92. The maximum absolute atomic E-state index is 12.3. The third-order valence-corrected chi connectivity index (χ3v) is 4.80. The molecular weight excluding hydrogens is 396 g/mol. The second-order valence-electron chi connectivity index (χ2n) is 8.49. The summed E-state index contributed by atoms with van der Waals surface area (Å²) in [6.07, 6.45) is 2.30. The molecule has 0 fully saturated rings. The van der Waals surface area contributed by atoms with Gasteiger partial charge in [0, 0.05) is 5.69 Å². The Hall–Kier alpha value is -3.35. The number of amides is 2. The van der Waals surface area contributed by atoms with E-state index in [1.54, 1.807) is 32.9 Å². The Morgan fingerprint density at radius 1 is 1.03 bits per heavy atom. The number of benzene rings is 2. The normalized spacial score (nSPS) is 15.4. The van der Waals surface area contributed by atoms with Crippen molar-refractivity contribution in [3.63, 3.8) is 0 Å². The summed E-state index contributed by atoms with van der Waals surface area (Å²) in [6, 6.07) is 14.2. The van der Waals surface area contributed by atoms with Crippen LogP contribution in [-0.2, 0) is 20.7 Å². The minimum absolute atomic E-state index is 0.0608. The predicted octanol–water partition coefficient (Wildman–Crippen LogP) is 4.38. The number of esters is 1. The number of carbonyl (C=O) groups excluding carboxylic acids is 3. The Balaban J connectivity index is 1.48. The lowest BCUT2D eigenvalue weighted by atomic mass is 9.88. The van der Waals surface area contributed by atoms with E-state index in [-0.39, 0.29) is 24.1 Å². The average Bonchev–Trinajstić information content (AvgIpc) is 2.71. The zero-order chi connectivity index (χ0) is 22.4. The van der Waals surface area contributed by atoms with Crippen molar-refractivity contribution in [2.75, 3.05) is 11.9 Å². The first-order valence-electron chi connectivity index (χ1n) is 10.4. The number of fused-ring (bicyclic) bond motifs is 1. The van der Waals surface area contributed by atoms with Gasteiger partial charge in [-0.05, 0) is 75.4 Å². The van der Waals surface area contributed by atoms with Crippen LogP contribution in [0.2, 0.25) is 0 Å². The molecule has 0 unspecified atom stereocenters. The SMILES string of the molecule is CC(C)(C)OC(=O)Nc1ccc(C(=O)OCC(=O)N[C@@H]2CCCc3ccccc32)cc1.